The molecule has 0 radical (unpaired) electrons. The minimum absolute atomic E-state index is 0.243. The highest BCUT2D eigenvalue weighted by molar-refractivity contribution is 9.10. The number of rotatable bonds is 1. The molecule has 0 amide bonds. The Balaban J connectivity index is 2.55. The Hall–Kier alpha value is -1.13. The minimum atomic E-state index is 0.243. The summed E-state index contributed by atoms with van der Waals surface area (Å²) in [5.74, 6) is 0.243. The molecule has 3 nitrogen and oxygen atoms in total. The highest BCUT2D eigenvalue weighted by Gasteiger charge is 2.06. The van der Waals surface area contributed by atoms with Gasteiger partial charge in [-0.2, -0.15) is 0 Å². The maximum atomic E-state index is 5.87. The first kappa shape index (κ1) is 10.4. The van der Waals surface area contributed by atoms with E-state index >= 15 is 0 Å². The first-order chi connectivity index (χ1) is 7.18. The van der Waals surface area contributed by atoms with Crippen LogP contribution in [0.1, 0.15) is 0 Å². The summed E-state index contributed by atoms with van der Waals surface area (Å²) < 4.78 is 0.945. The summed E-state index contributed by atoms with van der Waals surface area (Å²) in [6.07, 6.45) is 0. The van der Waals surface area contributed by atoms with E-state index in [9.17, 15) is 0 Å². The van der Waals surface area contributed by atoms with E-state index in [2.05, 4.69) is 26.1 Å². The first-order valence-corrected chi connectivity index (χ1v) is 5.39. The molecule has 2 N–H and O–H groups in total. The van der Waals surface area contributed by atoms with Gasteiger partial charge in [0.1, 0.15) is 0 Å². The lowest BCUT2D eigenvalue weighted by Crippen LogP contribution is -1.96. The summed E-state index contributed by atoms with van der Waals surface area (Å²) in [6.45, 7) is 0. The van der Waals surface area contributed by atoms with Crippen LogP contribution >= 0.6 is 27.5 Å². The van der Waals surface area contributed by atoms with Gasteiger partial charge in [0.25, 0.3) is 0 Å². The second kappa shape index (κ2) is 4.16. The molecule has 2 aromatic rings. The van der Waals surface area contributed by atoms with Crippen LogP contribution in [0, 0.1) is 0 Å². The Morgan fingerprint density at radius 1 is 1.20 bits per heavy atom. The fraction of sp³-hybridized carbons (Fsp3) is 0. The van der Waals surface area contributed by atoms with Crippen molar-refractivity contribution in [2.45, 2.75) is 0 Å². The van der Waals surface area contributed by atoms with Crippen molar-refractivity contribution in [2.24, 2.45) is 0 Å². The van der Waals surface area contributed by atoms with Gasteiger partial charge in [0.05, 0.1) is 10.7 Å². The van der Waals surface area contributed by atoms with Crippen LogP contribution in [0.4, 0.5) is 5.82 Å². The molecule has 76 valence electrons. The first-order valence-electron chi connectivity index (χ1n) is 4.22. The maximum Gasteiger partial charge on any atom is 0.164 e. The van der Waals surface area contributed by atoms with Gasteiger partial charge in [0, 0.05) is 10.0 Å². The summed E-state index contributed by atoms with van der Waals surface area (Å²) in [4.78, 5) is 0. The molecule has 0 spiro atoms. The standard InChI is InChI=1S/C10H7BrClN3/c11-7-4-2-1-3-6(7)9-5-8(12)10(13)15-14-9/h1-5H,(H2,13,15). The van der Waals surface area contributed by atoms with E-state index in [0.717, 1.165) is 10.0 Å². The lowest BCUT2D eigenvalue weighted by atomic mass is 10.1. The molecule has 0 unspecified atom stereocenters. The lowest BCUT2D eigenvalue weighted by molar-refractivity contribution is 1.05. The quantitative estimate of drug-likeness (QED) is 0.875. The molecular formula is C10H7BrClN3. The largest absolute Gasteiger partial charge is 0.381 e. The van der Waals surface area contributed by atoms with Gasteiger partial charge in [-0.3, -0.25) is 0 Å². The number of nitrogens with two attached hydrogens (primary N) is 1. The average molecular weight is 285 g/mol. The number of hydrogen-bond donors (Lipinski definition) is 1. The zero-order valence-electron chi connectivity index (χ0n) is 7.61. The molecule has 0 aliphatic rings. The van der Waals surface area contributed by atoms with Gasteiger partial charge in [-0.25, -0.2) is 0 Å². The van der Waals surface area contributed by atoms with E-state index < -0.39 is 0 Å². The van der Waals surface area contributed by atoms with Crippen molar-refractivity contribution in [3.8, 4) is 11.3 Å². The number of hydrogen-bond acceptors (Lipinski definition) is 3. The second-order valence-electron chi connectivity index (χ2n) is 2.94. The van der Waals surface area contributed by atoms with Crippen LogP contribution in [0.5, 0.6) is 0 Å². The van der Waals surface area contributed by atoms with E-state index in [0.29, 0.717) is 10.7 Å². The van der Waals surface area contributed by atoms with Gasteiger partial charge < -0.3 is 5.73 Å². The molecule has 0 saturated heterocycles. The highest BCUT2D eigenvalue weighted by atomic mass is 79.9. The molecule has 0 aliphatic carbocycles. The molecule has 0 bridgehead atoms. The fourth-order valence-electron chi connectivity index (χ4n) is 1.18. The number of benzene rings is 1. The molecule has 2 rings (SSSR count). The maximum absolute atomic E-state index is 5.87. The van der Waals surface area contributed by atoms with Crippen LogP contribution in [0.3, 0.4) is 0 Å². The molecule has 15 heavy (non-hydrogen) atoms. The molecule has 1 aromatic carbocycles. The number of nitrogens with zero attached hydrogens (tertiary/aromatic N) is 2. The molecule has 0 saturated carbocycles. The van der Waals surface area contributed by atoms with Gasteiger partial charge in [-0.15, -0.1) is 10.2 Å². The van der Waals surface area contributed by atoms with E-state index in [-0.39, 0.29) is 5.82 Å². The van der Waals surface area contributed by atoms with Gasteiger partial charge in [-0.1, -0.05) is 45.7 Å². The van der Waals surface area contributed by atoms with Crippen LogP contribution in [0.15, 0.2) is 34.8 Å². The van der Waals surface area contributed by atoms with Crippen molar-refractivity contribution in [3.05, 3.63) is 39.8 Å². The lowest BCUT2D eigenvalue weighted by Gasteiger charge is -2.03. The van der Waals surface area contributed by atoms with Crippen LogP contribution in [0.25, 0.3) is 11.3 Å². The van der Waals surface area contributed by atoms with E-state index in [1.54, 1.807) is 6.07 Å². The van der Waals surface area contributed by atoms with Crippen LogP contribution in [-0.4, -0.2) is 10.2 Å². The molecule has 0 atom stereocenters. The number of nitrogen functional groups attached to an aromatic ring is 1. The highest BCUT2D eigenvalue weighted by Crippen LogP contribution is 2.28. The third-order valence-corrected chi connectivity index (χ3v) is 2.92. The summed E-state index contributed by atoms with van der Waals surface area (Å²) >= 11 is 9.31. The van der Waals surface area contributed by atoms with Crippen LogP contribution in [-0.2, 0) is 0 Å². The third kappa shape index (κ3) is 2.11. The molecule has 0 aliphatic heterocycles. The predicted octanol–water partition coefficient (Wildman–Crippen LogP) is 3.14. The Bertz CT molecular complexity index is 502. The number of halogens is 2. The molecular weight excluding hydrogens is 277 g/mol. The van der Waals surface area contributed by atoms with Crippen molar-refractivity contribution in [1.29, 1.82) is 0 Å². The van der Waals surface area contributed by atoms with E-state index in [1.165, 1.54) is 0 Å². The fourth-order valence-corrected chi connectivity index (χ4v) is 1.81. The second-order valence-corrected chi connectivity index (χ2v) is 4.20. The van der Waals surface area contributed by atoms with Crippen LogP contribution < -0.4 is 5.73 Å². The average Bonchev–Trinajstić information content (AvgIpc) is 2.23. The zero-order chi connectivity index (χ0) is 10.8. The Morgan fingerprint density at radius 2 is 1.93 bits per heavy atom. The minimum Gasteiger partial charge on any atom is -0.381 e. The van der Waals surface area contributed by atoms with Crippen LogP contribution in [0.2, 0.25) is 5.02 Å². The molecule has 1 aromatic heterocycles. The molecule has 0 fully saturated rings. The van der Waals surface area contributed by atoms with Gasteiger partial charge in [-0.05, 0) is 12.1 Å². The van der Waals surface area contributed by atoms with Crippen molar-refractivity contribution in [1.82, 2.24) is 10.2 Å². The Labute approximate surface area is 100 Å². The van der Waals surface area contributed by atoms with Crippen molar-refractivity contribution in [2.75, 3.05) is 5.73 Å². The summed E-state index contributed by atoms with van der Waals surface area (Å²) in [5.41, 5.74) is 7.12. The van der Waals surface area contributed by atoms with Gasteiger partial charge in [0.15, 0.2) is 5.82 Å². The predicted molar refractivity (Wildman–Crippen MR) is 64.6 cm³/mol. The van der Waals surface area contributed by atoms with Gasteiger partial charge in [0.2, 0.25) is 0 Å². The normalized spacial score (nSPS) is 10.3. The molecule has 5 heteroatoms. The summed E-state index contributed by atoms with van der Waals surface area (Å²) in [7, 11) is 0. The summed E-state index contributed by atoms with van der Waals surface area (Å²) in [5, 5.41) is 8.16. The van der Waals surface area contributed by atoms with Crippen molar-refractivity contribution >= 4 is 33.3 Å². The zero-order valence-corrected chi connectivity index (χ0v) is 9.96. The SMILES string of the molecule is Nc1nnc(-c2ccccc2Br)cc1Cl. The number of aromatic nitrogens is 2. The van der Waals surface area contributed by atoms with Gasteiger partial charge >= 0.3 is 0 Å². The monoisotopic (exact) mass is 283 g/mol. The Kier molecular flexibility index (Phi) is 2.88. The smallest absolute Gasteiger partial charge is 0.164 e. The summed E-state index contributed by atoms with van der Waals surface area (Å²) in [6, 6.07) is 9.41. The topological polar surface area (TPSA) is 51.8 Å². The number of anilines is 1. The molecule has 1 heterocycles. The van der Waals surface area contributed by atoms with E-state index in [4.69, 9.17) is 17.3 Å². The third-order valence-electron chi connectivity index (χ3n) is 1.92. The Morgan fingerprint density at radius 3 is 2.60 bits per heavy atom. The van der Waals surface area contributed by atoms with Crippen molar-refractivity contribution in [3.63, 3.8) is 0 Å². The van der Waals surface area contributed by atoms with Crippen molar-refractivity contribution < 1.29 is 0 Å². The van der Waals surface area contributed by atoms with E-state index in [1.807, 2.05) is 24.3 Å².